The van der Waals surface area contributed by atoms with Crippen LogP contribution in [0.3, 0.4) is 0 Å². The molecule has 5 nitrogen and oxygen atoms in total. The molecule has 2 rings (SSSR count). The average Bonchev–Trinajstić information content (AvgIpc) is 3.39. The first kappa shape index (κ1) is 16.6. The van der Waals surface area contributed by atoms with E-state index in [1.807, 2.05) is 30.3 Å². The van der Waals surface area contributed by atoms with Gasteiger partial charge < -0.3 is 15.4 Å². The molecule has 0 unspecified atom stereocenters. The lowest BCUT2D eigenvalue weighted by Gasteiger charge is -2.20. The standard InChI is InChI=1S/C17H28N4O/c1-3-21(15-9-10-15)13-11-19-17(18-2)20-12-14-22-16-7-5-4-6-8-16/h4-8,15H,3,9-14H2,1-2H3,(H2,18,19,20). The molecule has 1 saturated carbocycles. The van der Waals surface area contributed by atoms with Crippen LogP contribution in [0.2, 0.25) is 0 Å². The summed E-state index contributed by atoms with van der Waals surface area (Å²) in [4.78, 5) is 6.76. The Morgan fingerprint density at radius 1 is 1.23 bits per heavy atom. The Bertz CT molecular complexity index is 445. The SMILES string of the molecule is CCN(CCNC(=NC)NCCOc1ccccc1)C1CC1. The van der Waals surface area contributed by atoms with Crippen LogP contribution in [-0.4, -0.2) is 56.7 Å². The van der Waals surface area contributed by atoms with Gasteiger partial charge in [0.15, 0.2) is 5.96 Å². The molecule has 0 aliphatic heterocycles. The van der Waals surface area contributed by atoms with Crippen molar-refractivity contribution in [1.82, 2.24) is 15.5 Å². The molecule has 1 aliphatic rings. The Morgan fingerprint density at radius 2 is 1.95 bits per heavy atom. The number of para-hydroxylation sites is 1. The number of guanidine groups is 1. The molecule has 122 valence electrons. The molecular weight excluding hydrogens is 276 g/mol. The predicted molar refractivity (Wildman–Crippen MR) is 91.6 cm³/mol. The molecule has 1 aliphatic carbocycles. The van der Waals surface area contributed by atoms with Crippen molar-refractivity contribution < 1.29 is 4.74 Å². The summed E-state index contributed by atoms with van der Waals surface area (Å²) in [5.74, 6) is 1.73. The van der Waals surface area contributed by atoms with Gasteiger partial charge in [0.25, 0.3) is 0 Å². The van der Waals surface area contributed by atoms with Crippen LogP contribution in [0.25, 0.3) is 0 Å². The minimum atomic E-state index is 0.619. The van der Waals surface area contributed by atoms with E-state index >= 15 is 0 Å². The van der Waals surface area contributed by atoms with Gasteiger partial charge in [-0.25, -0.2) is 0 Å². The maximum Gasteiger partial charge on any atom is 0.191 e. The summed E-state index contributed by atoms with van der Waals surface area (Å²) in [6, 6.07) is 10.7. The molecule has 0 spiro atoms. The van der Waals surface area contributed by atoms with Gasteiger partial charge in [0, 0.05) is 26.2 Å². The van der Waals surface area contributed by atoms with Gasteiger partial charge in [-0.2, -0.15) is 0 Å². The lowest BCUT2D eigenvalue weighted by atomic mass is 10.3. The van der Waals surface area contributed by atoms with E-state index in [-0.39, 0.29) is 0 Å². The molecule has 0 bridgehead atoms. The van der Waals surface area contributed by atoms with E-state index < -0.39 is 0 Å². The first-order valence-electron chi connectivity index (χ1n) is 8.20. The fraction of sp³-hybridized carbons (Fsp3) is 0.588. The van der Waals surface area contributed by atoms with Gasteiger partial charge in [-0.3, -0.25) is 9.89 Å². The van der Waals surface area contributed by atoms with Crippen LogP contribution in [0, 0.1) is 0 Å². The Labute approximate surface area is 133 Å². The number of benzene rings is 1. The molecule has 22 heavy (non-hydrogen) atoms. The summed E-state index contributed by atoms with van der Waals surface area (Å²) in [6.45, 7) is 6.70. The van der Waals surface area contributed by atoms with Crippen molar-refractivity contribution in [3.63, 3.8) is 0 Å². The second kappa shape index (κ2) is 9.30. The highest BCUT2D eigenvalue weighted by molar-refractivity contribution is 5.79. The molecule has 1 aromatic rings. The van der Waals surface area contributed by atoms with E-state index in [9.17, 15) is 0 Å². The quantitative estimate of drug-likeness (QED) is 0.414. The van der Waals surface area contributed by atoms with E-state index in [2.05, 4.69) is 27.4 Å². The molecule has 5 heteroatoms. The van der Waals surface area contributed by atoms with Crippen molar-refractivity contribution in [2.45, 2.75) is 25.8 Å². The minimum absolute atomic E-state index is 0.619. The fourth-order valence-electron chi connectivity index (χ4n) is 2.43. The van der Waals surface area contributed by atoms with Crippen LogP contribution in [0.4, 0.5) is 0 Å². The van der Waals surface area contributed by atoms with Crippen molar-refractivity contribution in [2.75, 3.05) is 39.8 Å². The van der Waals surface area contributed by atoms with Crippen LogP contribution in [0.5, 0.6) is 5.75 Å². The molecule has 0 saturated heterocycles. The van der Waals surface area contributed by atoms with E-state index in [0.717, 1.165) is 43.9 Å². The van der Waals surface area contributed by atoms with Gasteiger partial charge >= 0.3 is 0 Å². The summed E-state index contributed by atoms with van der Waals surface area (Å²) in [6.07, 6.45) is 2.72. The van der Waals surface area contributed by atoms with E-state index in [0.29, 0.717) is 6.61 Å². The lowest BCUT2D eigenvalue weighted by molar-refractivity contribution is 0.281. The first-order chi connectivity index (χ1) is 10.8. The number of aliphatic imine (C=N–C) groups is 1. The van der Waals surface area contributed by atoms with Crippen molar-refractivity contribution in [2.24, 2.45) is 4.99 Å². The molecule has 2 N–H and O–H groups in total. The molecule has 0 amide bonds. The number of nitrogens with zero attached hydrogens (tertiary/aromatic N) is 2. The molecule has 0 heterocycles. The fourth-order valence-corrected chi connectivity index (χ4v) is 2.43. The Kier molecular flexibility index (Phi) is 7.03. The zero-order valence-corrected chi connectivity index (χ0v) is 13.7. The third kappa shape index (κ3) is 5.93. The normalized spacial score (nSPS) is 15.0. The van der Waals surface area contributed by atoms with Gasteiger partial charge in [-0.1, -0.05) is 25.1 Å². The highest BCUT2D eigenvalue weighted by atomic mass is 16.5. The summed E-state index contributed by atoms with van der Waals surface area (Å²) in [7, 11) is 1.80. The highest BCUT2D eigenvalue weighted by Gasteiger charge is 2.27. The zero-order valence-electron chi connectivity index (χ0n) is 13.7. The zero-order chi connectivity index (χ0) is 15.6. The summed E-state index contributed by atoms with van der Waals surface area (Å²) >= 11 is 0. The van der Waals surface area contributed by atoms with Crippen LogP contribution < -0.4 is 15.4 Å². The topological polar surface area (TPSA) is 48.9 Å². The number of likely N-dealkylation sites (N-methyl/N-ethyl adjacent to an activating group) is 1. The molecule has 0 atom stereocenters. The molecule has 1 fully saturated rings. The van der Waals surface area contributed by atoms with Crippen LogP contribution in [0.1, 0.15) is 19.8 Å². The number of hydrogen-bond donors (Lipinski definition) is 2. The minimum Gasteiger partial charge on any atom is -0.492 e. The molecular formula is C17H28N4O. The van der Waals surface area contributed by atoms with Crippen molar-refractivity contribution >= 4 is 5.96 Å². The van der Waals surface area contributed by atoms with Gasteiger partial charge in [0.2, 0.25) is 0 Å². The van der Waals surface area contributed by atoms with E-state index in [1.165, 1.54) is 12.8 Å². The predicted octanol–water partition coefficient (Wildman–Crippen LogP) is 1.71. The van der Waals surface area contributed by atoms with Gasteiger partial charge in [0.05, 0.1) is 6.54 Å². The van der Waals surface area contributed by atoms with Gasteiger partial charge in [-0.15, -0.1) is 0 Å². The molecule has 0 radical (unpaired) electrons. The number of rotatable bonds is 9. The summed E-state index contributed by atoms with van der Waals surface area (Å²) in [5.41, 5.74) is 0. The van der Waals surface area contributed by atoms with E-state index in [1.54, 1.807) is 7.05 Å². The smallest absolute Gasteiger partial charge is 0.191 e. The maximum absolute atomic E-state index is 5.65. The van der Waals surface area contributed by atoms with Crippen LogP contribution in [-0.2, 0) is 0 Å². The number of nitrogens with one attached hydrogen (secondary N) is 2. The Morgan fingerprint density at radius 3 is 2.59 bits per heavy atom. The Balaban J connectivity index is 1.56. The number of ether oxygens (including phenoxy) is 1. The Hall–Kier alpha value is -1.75. The van der Waals surface area contributed by atoms with E-state index in [4.69, 9.17) is 4.74 Å². The lowest BCUT2D eigenvalue weighted by Crippen LogP contribution is -2.43. The van der Waals surface area contributed by atoms with Gasteiger partial charge in [0.1, 0.15) is 12.4 Å². The average molecular weight is 304 g/mol. The monoisotopic (exact) mass is 304 g/mol. The first-order valence-corrected chi connectivity index (χ1v) is 8.20. The largest absolute Gasteiger partial charge is 0.492 e. The van der Waals surface area contributed by atoms with Crippen molar-refractivity contribution in [3.8, 4) is 5.75 Å². The summed E-state index contributed by atoms with van der Waals surface area (Å²) in [5, 5.41) is 6.63. The molecule has 1 aromatic carbocycles. The maximum atomic E-state index is 5.65. The van der Waals surface area contributed by atoms with Gasteiger partial charge in [-0.05, 0) is 31.5 Å². The van der Waals surface area contributed by atoms with Crippen LogP contribution >= 0.6 is 0 Å². The van der Waals surface area contributed by atoms with Crippen molar-refractivity contribution in [3.05, 3.63) is 30.3 Å². The van der Waals surface area contributed by atoms with Crippen molar-refractivity contribution in [1.29, 1.82) is 0 Å². The second-order valence-electron chi connectivity index (χ2n) is 5.45. The number of hydrogen-bond acceptors (Lipinski definition) is 3. The molecule has 0 aromatic heterocycles. The van der Waals surface area contributed by atoms with Crippen LogP contribution in [0.15, 0.2) is 35.3 Å². The third-order valence-corrected chi connectivity index (χ3v) is 3.79. The third-order valence-electron chi connectivity index (χ3n) is 3.79. The second-order valence-corrected chi connectivity index (χ2v) is 5.45. The summed E-state index contributed by atoms with van der Waals surface area (Å²) < 4.78 is 5.65. The highest BCUT2D eigenvalue weighted by Crippen LogP contribution is 2.25.